The van der Waals surface area contributed by atoms with Crippen LogP contribution in [0.1, 0.15) is 43.0 Å². The molecule has 0 amide bonds. The van der Waals surface area contributed by atoms with Crippen LogP contribution in [0, 0.1) is 17.1 Å². The van der Waals surface area contributed by atoms with E-state index in [-0.39, 0.29) is 6.04 Å². The van der Waals surface area contributed by atoms with Crippen LogP contribution in [0.25, 0.3) is 16.6 Å². The number of nitrogens with zero attached hydrogens (tertiary/aromatic N) is 3. The van der Waals surface area contributed by atoms with Crippen LogP contribution in [0.15, 0.2) is 36.4 Å². The van der Waals surface area contributed by atoms with E-state index in [4.69, 9.17) is 0 Å². The zero-order valence-corrected chi connectivity index (χ0v) is 15.5. The Labute approximate surface area is 162 Å². The molecule has 1 fully saturated rings. The van der Waals surface area contributed by atoms with E-state index in [2.05, 4.69) is 10.6 Å². The van der Waals surface area contributed by atoms with E-state index in [0.29, 0.717) is 28.9 Å². The minimum absolute atomic E-state index is 0.188. The first-order chi connectivity index (χ1) is 13.7. The van der Waals surface area contributed by atoms with Crippen molar-refractivity contribution in [3.8, 4) is 6.07 Å². The lowest BCUT2D eigenvalue weighted by Crippen LogP contribution is -2.39. The molecule has 1 aromatic carbocycles. The van der Waals surface area contributed by atoms with Crippen LogP contribution in [0.4, 0.5) is 13.2 Å². The highest BCUT2D eigenvalue weighted by molar-refractivity contribution is 5.93. The molecule has 1 saturated carbocycles. The Kier molecular flexibility index (Phi) is 5.17. The van der Waals surface area contributed by atoms with Crippen LogP contribution in [0.2, 0.25) is 0 Å². The van der Waals surface area contributed by atoms with Gasteiger partial charge < -0.3 is 9.47 Å². The van der Waals surface area contributed by atoms with Gasteiger partial charge in [-0.05, 0) is 37.1 Å². The van der Waals surface area contributed by atoms with Crippen LogP contribution >= 0.6 is 0 Å². The van der Waals surface area contributed by atoms with Gasteiger partial charge in [0.2, 0.25) is 0 Å². The van der Waals surface area contributed by atoms with E-state index in [1.165, 1.54) is 12.1 Å². The fourth-order valence-corrected chi connectivity index (χ4v) is 4.49. The molecule has 146 valence electrons. The van der Waals surface area contributed by atoms with Crippen LogP contribution in [-0.2, 0) is 0 Å². The second kappa shape index (κ2) is 7.75. The van der Waals surface area contributed by atoms with Gasteiger partial charge in [0.25, 0.3) is 0 Å². The zero-order chi connectivity index (χ0) is 19.7. The van der Waals surface area contributed by atoms with Crippen molar-refractivity contribution in [2.24, 2.45) is 0 Å². The first-order valence-electron chi connectivity index (χ1n) is 9.69. The van der Waals surface area contributed by atoms with Crippen molar-refractivity contribution < 1.29 is 13.2 Å². The first-order valence-corrected chi connectivity index (χ1v) is 9.69. The normalized spacial score (nSPS) is 17.5. The third kappa shape index (κ3) is 2.99. The number of rotatable bonds is 5. The van der Waals surface area contributed by atoms with Crippen molar-refractivity contribution in [1.82, 2.24) is 9.47 Å². The van der Waals surface area contributed by atoms with Crippen molar-refractivity contribution in [2.75, 3.05) is 19.9 Å². The highest BCUT2D eigenvalue weighted by Crippen LogP contribution is 2.41. The lowest BCUT2D eigenvalue weighted by molar-refractivity contribution is 0.211. The summed E-state index contributed by atoms with van der Waals surface area (Å²) in [5.74, 6) is -0.404. The van der Waals surface area contributed by atoms with Gasteiger partial charge in [-0.1, -0.05) is 25.0 Å². The summed E-state index contributed by atoms with van der Waals surface area (Å²) in [6.45, 7) is -1.26. The average molecular weight is 385 g/mol. The molecule has 0 atom stereocenters. The molecule has 4 rings (SSSR count). The van der Waals surface area contributed by atoms with E-state index in [1.54, 1.807) is 17.0 Å². The number of hydrogen-bond donors (Lipinski definition) is 0. The van der Waals surface area contributed by atoms with Gasteiger partial charge in [0.05, 0.1) is 28.5 Å². The number of hydrogen-bond acceptors (Lipinski definition) is 2. The van der Waals surface area contributed by atoms with Crippen LogP contribution < -0.4 is 0 Å². The number of allylic oxidation sites excluding steroid dienone is 2. The van der Waals surface area contributed by atoms with Gasteiger partial charge in [0.1, 0.15) is 25.2 Å². The van der Waals surface area contributed by atoms with Crippen molar-refractivity contribution in [3.05, 3.63) is 53.5 Å². The number of aromatic nitrogens is 1. The van der Waals surface area contributed by atoms with E-state index in [0.717, 1.165) is 31.2 Å². The predicted octanol–water partition coefficient (Wildman–Crippen LogP) is 5.29. The Morgan fingerprint density at radius 1 is 1.18 bits per heavy atom. The molecule has 0 saturated heterocycles. The molecule has 6 heteroatoms. The Hall–Kier alpha value is -2.68. The van der Waals surface area contributed by atoms with Crippen molar-refractivity contribution in [3.63, 3.8) is 0 Å². The zero-order valence-electron chi connectivity index (χ0n) is 15.5. The maximum atomic E-state index is 14.0. The molecule has 2 aliphatic rings. The molecule has 2 heterocycles. The molecule has 0 N–H and O–H groups in total. The van der Waals surface area contributed by atoms with Crippen molar-refractivity contribution in [2.45, 2.75) is 37.8 Å². The first kappa shape index (κ1) is 18.7. The smallest absolute Gasteiger partial charge is 0.124 e. The Morgan fingerprint density at radius 3 is 2.61 bits per heavy atom. The van der Waals surface area contributed by atoms with Gasteiger partial charge in [-0.2, -0.15) is 5.26 Å². The molecular weight excluding hydrogens is 363 g/mol. The standard InChI is InChI=1S/C22H22F3N3/c23-12-17(13-24)27-10-4-3-7-21(27)22-19(14-26)18-11-15(25)8-9-20(18)28(22)16-5-1-2-6-16/h3-4,7-9,11,16-17H,1-2,5-6,10,12-13H2. The molecule has 1 aliphatic heterocycles. The summed E-state index contributed by atoms with van der Waals surface area (Å²) in [7, 11) is 0. The fraction of sp³-hybridized carbons (Fsp3) is 0.409. The Bertz CT molecular complexity index is 973. The number of benzene rings is 1. The fourth-order valence-electron chi connectivity index (χ4n) is 4.49. The lowest BCUT2D eigenvalue weighted by Gasteiger charge is -2.34. The van der Waals surface area contributed by atoms with Crippen LogP contribution in [-0.4, -0.2) is 35.4 Å². The topological polar surface area (TPSA) is 32.0 Å². The minimum atomic E-state index is -0.908. The molecule has 28 heavy (non-hydrogen) atoms. The quantitative estimate of drug-likeness (QED) is 0.701. The summed E-state index contributed by atoms with van der Waals surface area (Å²) in [4.78, 5) is 1.68. The predicted molar refractivity (Wildman–Crippen MR) is 104 cm³/mol. The average Bonchev–Trinajstić information content (AvgIpc) is 3.34. The third-order valence-corrected chi connectivity index (χ3v) is 5.81. The largest absolute Gasteiger partial charge is 0.358 e. The highest BCUT2D eigenvalue weighted by Gasteiger charge is 2.31. The minimum Gasteiger partial charge on any atom is -0.358 e. The third-order valence-electron chi connectivity index (χ3n) is 5.81. The van der Waals surface area contributed by atoms with Crippen molar-refractivity contribution >= 4 is 16.6 Å². The van der Waals surface area contributed by atoms with E-state index < -0.39 is 25.2 Å². The number of halogens is 3. The van der Waals surface area contributed by atoms with Gasteiger partial charge in [0, 0.05) is 18.0 Å². The van der Waals surface area contributed by atoms with E-state index >= 15 is 0 Å². The SMILES string of the molecule is N#Cc1c(C2=CC=CCN2C(CF)CF)n(C2CCCC2)c2ccc(F)cc12. The van der Waals surface area contributed by atoms with Gasteiger partial charge in [0.15, 0.2) is 0 Å². The maximum absolute atomic E-state index is 14.0. The lowest BCUT2D eigenvalue weighted by atomic mass is 10.1. The summed E-state index contributed by atoms with van der Waals surface area (Å²) in [5, 5.41) is 10.5. The van der Waals surface area contributed by atoms with E-state index in [1.807, 2.05) is 12.2 Å². The monoisotopic (exact) mass is 385 g/mol. The molecule has 0 unspecified atom stereocenters. The molecule has 3 nitrogen and oxygen atoms in total. The summed E-state index contributed by atoms with van der Waals surface area (Å²) < 4.78 is 43.1. The number of alkyl halides is 2. The van der Waals surface area contributed by atoms with Crippen LogP contribution in [0.5, 0.6) is 0 Å². The molecule has 2 aromatic rings. The highest BCUT2D eigenvalue weighted by atomic mass is 19.1. The number of nitriles is 1. The molecule has 1 aliphatic carbocycles. The summed E-state index contributed by atoms with van der Waals surface area (Å²) in [5.41, 5.74) is 2.44. The molecule has 0 radical (unpaired) electrons. The molecule has 0 bridgehead atoms. The molecule has 1 aromatic heterocycles. The van der Waals surface area contributed by atoms with Gasteiger partial charge in [-0.15, -0.1) is 0 Å². The second-order valence-electron chi connectivity index (χ2n) is 7.40. The second-order valence-corrected chi connectivity index (χ2v) is 7.40. The Morgan fingerprint density at radius 2 is 1.93 bits per heavy atom. The van der Waals surface area contributed by atoms with Gasteiger partial charge >= 0.3 is 0 Å². The van der Waals surface area contributed by atoms with Crippen LogP contribution in [0.3, 0.4) is 0 Å². The van der Waals surface area contributed by atoms with E-state index in [9.17, 15) is 18.4 Å². The summed E-state index contributed by atoms with van der Waals surface area (Å²) in [6, 6.07) is 6.01. The molecular formula is C22H22F3N3. The number of fused-ring (bicyclic) bond motifs is 1. The van der Waals surface area contributed by atoms with Gasteiger partial charge in [-0.25, -0.2) is 13.2 Å². The Balaban J connectivity index is 1.99. The van der Waals surface area contributed by atoms with Crippen molar-refractivity contribution in [1.29, 1.82) is 5.26 Å². The molecule has 0 spiro atoms. The maximum Gasteiger partial charge on any atom is 0.124 e. The van der Waals surface area contributed by atoms with Gasteiger partial charge in [-0.3, -0.25) is 0 Å². The summed E-state index contributed by atoms with van der Waals surface area (Å²) >= 11 is 0. The summed E-state index contributed by atoms with van der Waals surface area (Å²) in [6.07, 6.45) is 9.61.